The predicted molar refractivity (Wildman–Crippen MR) is 115 cm³/mol. The van der Waals surface area contributed by atoms with Gasteiger partial charge in [-0.15, -0.1) is 0 Å². The number of amides is 1. The zero-order valence-corrected chi connectivity index (χ0v) is 16.8. The van der Waals surface area contributed by atoms with E-state index in [2.05, 4.69) is 10.1 Å². The van der Waals surface area contributed by atoms with Gasteiger partial charge in [-0.2, -0.15) is 5.10 Å². The second-order valence-corrected chi connectivity index (χ2v) is 6.83. The van der Waals surface area contributed by atoms with E-state index in [4.69, 9.17) is 4.74 Å². The Morgan fingerprint density at radius 3 is 2.37 bits per heavy atom. The largest absolute Gasteiger partial charge is 0.497 e. The van der Waals surface area contributed by atoms with Crippen molar-refractivity contribution in [3.05, 3.63) is 108 Å². The molecule has 1 amide bonds. The van der Waals surface area contributed by atoms with Crippen LogP contribution >= 0.6 is 0 Å². The van der Waals surface area contributed by atoms with Crippen molar-refractivity contribution in [1.29, 1.82) is 0 Å². The zero-order valence-electron chi connectivity index (χ0n) is 16.8. The average Bonchev–Trinajstić information content (AvgIpc) is 3.30. The highest BCUT2D eigenvalue weighted by molar-refractivity contribution is 5.92. The quantitative estimate of drug-likeness (QED) is 0.490. The molecule has 0 spiro atoms. The van der Waals surface area contributed by atoms with Gasteiger partial charge in [-0.25, -0.2) is 4.68 Å². The lowest BCUT2D eigenvalue weighted by atomic mass is 10.0. The summed E-state index contributed by atoms with van der Waals surface area (Å²) < 4.78 is 6.87. The summed E-state index contributed by atoms with van der Waals surface area (Å²) in [5.41, 5.74) is 3.00. The summed E-state index contributed by atoms with van der Waals surface area (Å²) in [6.07, 6.45) is 3.52. The van der Waals surface area contributed by atoms with Crippen LogP contribution in [0, 0.1) is 0 Å². The Kier molecular flexibility index (Phi) is 5.57. The van der Waals surface area contributed by atoms with E-state index in [0.717, 1.165) is 22.7 Å². The van der Waals surface area contributed by atoms with Crippen molar-refractivity contribution in [3.8, 4) is 11.4 Å². The molecule has 30 heavy (non-hydrogen) atoms. The van der Waals surface area contributed by atoms with E-state index >= 15 is 0 Å². The molecule has 0 aliphatic carbocycles. The second kappa shape index (κ2) is 8.61. The van der Waals surface area contributed by atoms with Crippen LogP contribution in [0.5, 0.6) is 5.75 Å². The van der Waals surface area contributed by atoms with E-state index in [9.17, 15) is 4.79 Å². The van der Waals surface area contributed by atoms with Crippen molar-refractivity contribution in [1.82, 2.24) is 19.7 Å². The molecule has 2 heterocycles. The Morgan fingerprint density at radius 1 is 0.967 bits per heavy atom. The smallest absolute Gasteiger partial charge is 0.274 e. The topological polar surface area (TPSA) is 60.2 Å². The van der Waals surface area contributed by atoms with Gasteiger partial charge in [-0.1, -0.05) is 36.4 Å². The second-order valence-electron chi connectivity index (χ2n) is 6.83. The molecule has 0 aliphatic heterocycles. The average molecular weight is 398 g/mol. The summed E-state index contributed by atoms with van der Waals surface area (Å²) >= 11 is 0. The van der Waals surface area contributed by atoms with E-state index < -0.39 is 0 Å². The Morgan fingerprint density at radius 2 is 1.70 bits per heavy atom. The van der Waals surface area contributed by atoms with Crippen LogP contribution in [0.15, 0.2) is 91.3 Å². The fourth-order valence-corrected chi connectivity index (χ4v) is 3.38. The molecular formula is C24H22N4O2. The molecule has 0 saturated heterocycles. The third-order valence-electron chi connectivity index (χ3n) is 4.94. The minimum atomic E-state index is -0.314. The van der Waals surface area contributed by atoms with Crippen molar-refractivity contribution in [3.63, 3.8) is 0 Å². The third-order valence-corrected chi connectivity index (χ3v) is 4.94. The van der Waals surface area contributed by atoms with Crippen molar-refractivity contribution in [2.24, 2.45) is 0 Å². The molecule has 2 aromatic carbocycles. The summed E-state index contributed by atoms with van der Waals surface area (Å²) in [6, 6.07) is 24.5. The maximum absolute atomic E-state index is 13.3. The van der Waals surface area contributed by atoms with Crippen molar-refractivity contribution >= 4 is 5.91 Å². The summed E-state index contributed by atoms with van der Waals surface area (Å²) in [5, 5.41) is 4.49. The lowest BCUT2D eigenvalue weighted by Gasteiger charge is -2.27. The number of hydrogen-bond donors (Lipinski definition) is 0. The van der Waals surface area contributed by atoms with Crippen molar-refractivity contribution in [2.75, 3.05) is 14.2 Å². The number of aromatic nitrogens is 3. The molecule has 6 nitrogen and oxygen atoms in total. The predicted octanol–water partition coefficient (Wildman–Crippen LogP) is 4.14. The first-order chi connectivity index (χ1) is 14.7. The molecule has 150 valence electrons. The molecule has 1 unspecified atom stereocenters. The number of carbonyl (C=O) groups excluding carboxylic acids is 1. The lowest BCUT2D eigenvalue weighted by Crippen LogP contribution is -2.32. The first kappa shape index (κ1) is 19.4. The van der Waals surface area contributed by atoms with E-state index in [1.807, 2.05) is 72.8 Å². The monoisotopic (exact) mass is 398 g/mol. The van der Waals surface area contributed by atoms with E-state index in [-0.39, 0.29) is 11.9 Å². The van der Waals surface area contributed by atoms with Gasteiger partial charge < -0.3 is 9.64 Å². The van der Waals surface area contributed by atoms with Crippen LogP contribution in [-0.4, -0.2) is 39.7 Å². The molecule has 4 aromatic rings. The number of rotatable bonds is 6. The molecule has 4 rings (SSSR count). The van der Waals surface area contributed by atoms with Gasteiger partial charge in [-0.3, -0.25) is 9.78 Å². The Balaban J connectivity index is 1.63. The van der Waals surface area contributed by atoms with Gasteiger partial charge in [0.2, 0.25) is 0 Å². The van der Waals surface area contributed by atoms with Crippen molar-refractivity contribution < 1.29 is 9.53 Å². The molecule has 6 heteroatoms. The standard InChI is InChI=1S/C24H22N4O2/c1-27(23(18-8-4-3-5-9-18)21-10-6-7-16-25-21)24(29)22-15-17-28(26-22)19-11-13-20(30-2)14-12-19/h3-17,23H,1-2H3. The summed E-state index contributed by atoms with van der Waals surface area (Å²) in [6.45, 7) is 0. The maximum Gasteiger partial charge on any atom is 0.274 e. The highest BCUT2D eigenvalue weighted by Crippen LogP contribution is 2.27. The Bertz CT molecular complexity index is 1070. The number of hydrogen-bond acceptors (Lipinski definition) is 4. The van der Waals surface area contributed by atoms with E-state index in [0.29, 0.717) is 5.69 Å². The van der Waals surface area contributed by atoms with Crippen LogP contribution in [-0.2, 0) is 0 Å². The highest BCUT2D eigenvalue weighted by Gasteiger charge is 2.26. The number of methoxy groups -OCH3 is 1. The van der Waals surface area contributed by atoms with Crippen LogP contribution in [0.25, 0.3) is 5.69 Å². The van der Waals surface area contributed by atoms with Crippen LogP contribution in [0.3, 0.4) is 0 Å². The summed E-state index contributed by atoms with van der Waals surface area (Å²) in [5.74, 6) is 0.588. The van der Waals surface area contributed by atoms with Gasteiger partial charge >= 0.3 is 0 Å². The van der Waals surface area contributed by atoms with Gasteiger partial charge in [-0.05, 0) is 48.0 Å². The van der Waals surface area contributed by atoms with Crippen LogP contribution in [0.1, 0.15) is 27.8 Å². The minimum Gasteiger partial charge on any atom is -0.497 e. The fourth-order valence-electron chi connectivity index (χ4n) is 3.38. The number of nitrogens with zero attached hydrogens (tertiary/aromatic N) is 4. The zero-order chi connectivity index (χ0) is 20.9. The van der Waals surface area contributed by atoms with Crippen LogP contribution in [0.2, 0.25) is 0 Å². The molecule has 0 saturated carbocycles. The van der Waals surface area contributed by atoms with E-state index in [1.54, 1.807) is 42.2 Å². The first-order valence-corrected chi connectivity index (χ1v) is 9.60. The molecule has 0 bridgehead atoms. The Labute approximate surface area is 175 Å². The molecule has 0 aliphatic rings. The summed E-state index contributed by atoms with van der Waals surface area (Å²) in [7, 11) is 3.40. The molecule has 2 aromatic heterocycles. The number of pyridine rings is 1. The molecular weight excluding hydrogens is 376 g/mol. The van der Waals surface area contributed by atoms with Gasteiger partial charge in [0.1, 0.15) is 5.75 Å². The van der Waals surface area contributed by atoms with Gasteiger partial charge in [0, 0.05) is 19.4 Å². The van der Waals surface area contributed by atoms with E-state index in [1.165, 1.54) is 0 Å². The maximum atomic E-state index is 13.3. The highest BCUT2D eigenvalue weighted by atomic mass is 16.5. The molecule has 1 atom stereocenters. The van der Waals surface area contributed by atoms with Gasteiger partial charge in [0.25, 0.3) is 5.91 Å². The molecule has 0 radical (unpaired) electrons. The minimum absolute atomic E-state index is 0.179. The third kappa shape index (κ3) is 3.93. The molecule has 0 fully saturated rings. The normalized spacial score (nSPS) is 11.7. The van der Waals surface area contributed by atoms with Gasteiger partial charge in [0.05, 0.1) is 24.5 Å². The number of carbonyl (C=O) groups is 1. The Hall–Kier alpha value is -3.93. The first-order valence-electron chi connectivity index (χ1n) is 9.60. The lowest BCUT2D eigenvalue weighted by molar-refractivity contribution is 0.0746. The fraction of sp³-hybridized carbons (Fsp3) is 0.125. The van der Waals surface area contributed by atoms with Crippen LogP contribution < -0.4 is 4.74 Å². The number of benzene rings is 2. The van der Waals surface area contributed by atoms with Crippen LogP contribution in [0.4, 0.5) is 0 Å². The SMILES string of the molecule is COc1ccc(-n2ccc(C(=O)N(C)C(c3ccccc3)c3ccccn3)n2)cc1. The molecule has 0 N–H and O–H groups in total. The van der Waals surface area contributed by atoms with Gasteiger partial charge in [0.15, 0.2) is 5.69 Å². The summed E-state index contributed by atoms with van der Waals surface area (Å²) in [4.78, 5) is 19.4. The number of ether oxygens (including phenoxy) is 1. The van der Waals surface area contributed by atoms with Crippen molar-refractivity contribution in [2.45, 2.75) is 6.04 Å².